The molecular weight excluding hydrogens is 438 g/mol. The van der Waals surface area contributed by atoms with E-state index in [0.717, 1.165) is 41.6 Å². The predicted molar refractivity (Wildman–Crippen MR) is 126 cm³/mol. The van der Waals surface area contributed by atoms with Crippen molar-refractivity contribution in [3.05, 3.63) is 59.0 Å². The fourth-order valence-electron chi connectivity index (χ4n) is 5.65. The lowest BCUT2D eigenvalue weighted by Crippen LogP contribution is -2.27. The minimum Gasteiger partial charge on any atom is -0.344 e. The number of rotatable bonds is 4. The van der Waals surface area contributed by atoms with Gasteiger partial charge in [0, 0.05) is 18.1 Å². The van der Waals surface area contributed by atoms with Gasteiger partial charge in [0.1, 0.15) is 28.9 Å². The Morgan fingerprint density at radius 2 is 1.94 bits per heavy atom. The summed E-state index contributed by atoms with van der Waals surface area (Å²) in [6.45, 7) is 8.17. The van der Waals surface area contributed by atoms with Gasteiger partial charge in [-0.05, 0) is 76.6 Å². The van der Waals surface area contributed by atoms with Crippen LogP contribution in [0.15, 0.2) is 36.9 Å². The first-order chi connectivity index (χ1) is 15.8. The average Bonchev–Trinajstić information content (AvgIpc) is 3.49. The van der Waals surface area contributed by atoms with E-state index in [-0.39, 0.29) is 18.2 Å². The first-order valence-corrected chi connectivity index (χ1v) is 12.0. The molecule has 4 atom stereocenters. The van der Waals surface area contributed by atoms with Gasteiger partial charge in [0.05, 0.1) is 23.2 Å². The maximum Gasteiger partial charge on any atom is 0.163 e. The quantitative estimate of drug-likeness (QED) is 0.394. The van der Waals surface area contributed by atoms with Crippen LogP contribution >= 0.6 is 11.6 Å². The summed E-state index contributed by atoms with van der Waals surface area (Å²) in [5, 5.41) is 1.35. The van der Waals surface area contributed by atoms with Gasteiger partial charge < -0.3 is 18.4 Å². The monoisotopic (exact) mass is 465 g/mol. The van der Waals surface area contributed by atoms with Crippen LogP contribution in [0.5, 0.6) is 0 Å². The van der Waals surface area contributed by atoms with E-state index in [1.807, 2.05) is 19.9 Å². The highest BCUT2D eigenvalue weighted by Gasteiger charge is 2.54. The average molecular weight is 466 g/mol. The molecule has 0 unspecified atom stereocenters. The molecule has 0 amide bonds. The molecule has 0 aromatic carbocycles. The zero-order chi connectivity index (χ0) is 22.9. The number of hydrogen-bond donors (Lipinski definition) is 0. The molecule has 0 N–H and O–H groups in total. The first kappa shape index (κ1) is 21.1. The lowest BCUT2D eigenvalue weighted by molar-refractivity contribution is -0.160. The molecule has 4 aromatic heterocycles. The Morgan fingerprint density at radius 3 is 2.79 bits per heavy atom. The molecule has 33 heavy (non-hydrogen) atoms. The normalized spacial score (nSPS) is 26.5. The lowest BCUT2D eigenvalue weighted by atomic mass is 9.96. The summed E-state index contributed by atoms with van der Waals surface area (Å²) in [6.07, 6.45) is 8.73. The van der Waals surface area contributed by atoms with Crippen molar-refractivity contribution in [2.75, 3.05) is 0 Å². The lowest BCUT2D eigenvalue weighted by Gasteiger charge is -2.24. The van der Waals surface area contributed by atoms with E-state index in [9.17, 15) is 0 Å². The fraction of sp³-hybridized carbons (Fsp3) is 0.480. The molecule has 2 aliphatic rings. The van der Waals surface area contributed by atoms with Crippen LogP contribution in [0.25, 0.3) is 16.7 Å². The number of fused-ring (bicyclic) bond motifs is 3. The van der Waals surface area contributed by atoms with Crippen LogP contribution in [-0.2, 0) is 15.9 Å². The van der Waals surface area contributed by atoms with Crippen LogP contribution in [0.3, 0.4) is 0 Å². The van der Waals surface area contributed by atoms with Gasteiger partial charge in [-0.3, -0.25) is 0 Å². The molecule has 0 radical (unpaired) electrons. The highest BCUT2D eigenvalue weighted by atomic mass is 35.5. The molecule has 0 bridgehead atoms. The van der Waals surface area contributed by atoms with Crippen molar-refractivity contribution >= 4 is 28.3 Å². The number of halogens is 1. The van der Waals surface area contributed by atoms with Gasteiger partial charge in [-0.1, -0.05) is 11.6 Å². The Bertz CT molecular complexity index is 1360. The number of imidazole rings is 1. The molecule has 8 heteroatoms. The summed E-state index contributed by atoms with van der Waals surface area (Å²) >= 11 is 6.31. The topological polar surface area (TPSA) is 66.5 Å². The van der Waals surface area contributed by atoms with Crippen LogP contribution in [0.4, 0.5) is 0 Å². The van der Waals surface area contributed by atoms with Crippen molar-refractivity contribution < 1.29 is 9.47 Å². The number of pyridine rings is 1. The third-order valence-electron chi connectivity index (χ3n) is 7.34. The zero-order valence-electron chi connectivity index (χ0n) is 19.3. The van der Waals surface area contributed by atoms with Crippen molar-refractivity contribution in [1.29, 1.82) is 0 Å². The second-order valence-corrected chi connectivity index (χ2v) is 10.2. The van der Waals surface area contributed by atoms with Gasteiger partial charge >= 0.3 is 0 Å². The van der Waals surface area contributed by atoms with Crippen molar-refractivity contribution in [3.8, 4) is 0 Å². The van der Waals surface area contributed by atoms with Crippen LogP contribution < -0.4 is 0 Å². The Balaban J connectivity index is 1.27. The summed E-state index contributed by atoms with van der Waals surface area (Å²) in [5.41, 5.74) is 5.44. The molecule has 1 saturated carbocycles. The molecule has 7 nitrogen and oxygen atoms in total. The van der Waals surface area contributed by atoms with E-state index in [0.29, 0.717) is 11.1 Å². The first-order valence-electron chi connectivity index (χ1n) is 11.6. The van der Waals surface area contributed by atoms with Crippen LogP contribution in [-0.4, -0.2) is 41.9 Å². The largest absolute Gasteiger partial charge is 0.344 e. The molecule has 5 heterocycles. The SMILES string of the molecule is Cc1nc2cc(CC[C@H]3C[C@@H](n4ccc5c(Cl)ncnc54)[C@@H]4OC(C)(C)O[C@H]34)ccn2c1C. The molecular formula is C25H28ClN5O2. The standard InChI is InChI=1S/C25H28ClN5O2/c1-14-15(2)30-9-7-16(11-20(30)29-14)5-6-17-12-19(22-21(17)32-25(3,4)33-22)31-10-8-18-23(26)27-13-28-24(18)31/h7-11,13,17,19,21-22H,5-6,12H2,1-4H3/t17-,19+,21+,22-/m0/s1. The minimum absolute atomic E-state index is 0.0191. The third kappa shape index (κ3) is 3.45. The second kappa shape index (κ2) is 7.52. The summed E-state index contributed by atoms with van der Waals surface area (Å²) in [7, 11) is 0. The number of hydrogen-bond acceptors (Lipinski definition) is 5. The molecule has 0 spiro atoms. The number of ether oxygens (including phenoxy) is 2. The Kier molecular flexibility index (Phi) is 4.80. The molecule has 1 saturated heterocycles. The van der Waals surface area contributed by atoms with Crippen molar-refractivity contribution in [2.45, 2.75) is 71.0 Å². The summed E-state index contributed by atoms with van der Waals surface area (Å²) in [6, 6.07) is 6.55. The molecule has 1 aliphatic heterocycles. The molecule has 172 valence electrons. The minimum atomic E-state index is -0.592. The van der Waals surface area contributed by atoms with Gasteiger partial charge in [0.2, 0.25) is 0 Å². The van der Waals surface area contributed by atoms with Crippen molar-refractivity contribution in [3.63, 3.8) is 0 Å². The van der Waals surface area contributed by atoms with Crippen LogP contribution in [0.1, 0.15) is 49.7 Å². The highest BCUT2D eigenvalue weighted by Crippen LogP contribution is 2.49. The maximum absolute atomic E-state index is 6.42. The van der Waals surface area contributed by atoms with Gasteiger partial charge in [0.15, 0.2) is 5.79 Å². The molecule has 6 rings (SSSR count). The molecule has 2 fully saturated rings. The highest BCUT2D eigenvalue weighted by molar-refractivity contribution is 6.33. The van der Waals surface area contributed by atoms with E-state index in [4.69, 9.17) is 26.1 Å². The fourth-order valence-corrected chi connectivity index (χ4v) is 5.85. The second-order valence-electron chi connectivity index (χ2n) is 9.84. The van der Waals surface area contributed by atoms with Gasteiger partial charge in [-0.2, -0.15) is 0 Å². The third-order valence-corrected chi connectivity index (χ3v) is 7.64. The van der Waals surface area contributed by atoms with E-state index in [1.165, 1.54) is 17.6 Å². The van der Waals surface area contributed by atoms with E-state index in [1.54, 1.807) is 0 Å². The van der Waals surface area contributed by atoms with E-state index in [2.05, 4.69) is 57.3 Å². The van der Waals surface area contributed by atoms with Crippen molar-refractivity contribution in [2.24, 2.45) is 5.92 Å². The number of nitrogens with zero attached hydrogens (tertiary/aromatic N) is 5. The summed E-state index contributed by atoms with van der Waals surface area (Å²) in [4.78, 5) is 13.3. The predicted octanol–water partition coefficient (Wildman–Crippen LogP) is 5.06. The Hall–Kier alpha value is -2.48. The summed E-state index contributed by atoms with van der Waals surface area (Å²) in [5.74, 6) is -0.206. The Labute approximate surface area is 197 Å². The van der Waals surface area contributed by atoms with Gasteiger partial charge in [-0.25, -0.2) is 15.0 Å². The van der Waals surface area contributed by atoms with Crippen LogP contribution in [0, 0.1) is 19.8 Å². The van der Waals surface area contributed by atoms with E-state index >= 15 is 0 Å². The van der Waals surface area contributed by atoms with Crippen molar-refractivity contribution in [1.82, 2.24) is 23.9 Å². The van der Waals surface area contributed by atoms with E-state index < -0.39 is 5.79 Å². The number of aryl methyl sites for hydroxylation is 3. The number of aromatic nitrogens is 5. The smallest absolute Gasteiger partial charge is 0.163 e. The zero-order valence-corrected chi connectivity index (χ0v) is 20.1. The summed E-state index contributed by atoms with van der Waals surface area (Å²) < 4.78 is 17.2. The van der Waals surface area contributed by atoms with Gasteiger partial charge in [-0.15, -0.1) is 0 Å². The molecule has 4 aromatic rings. The maximum atomic E-state index is 6.42. The van der Waals surface area contributed by atoms with Crippen LogP contribution in [0.2, 0.25) is 5.15 Å². The molecule has 1 aliphatic carbocycles. The van der Waals surface area contributed by atoms with Gasteiger partial charge in [0.25, 0.3) is 0 Å². The Morgan fingerprint density at radius 1 is 1.12 bits per heavy atom.